The summed E-state index contributed by atoms with van der Waals surface area (Å²) < 4.78 is 45.9. The van der Waals surface area contributed by atoms with E-state index in [4.69, 9.17) is 9.47 Å². The van der Waals surface area contributed by atoms with Gasteiger partial charge in [-0.3, -0.25) is 9.59 Å². The van der Waals surface area contributed by atoms with Gasteiger partial charge < -0.3 is 18.9 Å². The second-order valence-electron chi connectivity index (χ2n) is 7.14. The van der Waals surface area contributed by atoms with Crippen LogP contribution in [0.2, 0.25) is 0 Å². The Balaban J connectivity index is 2.80. The molecule has 9 heteroatoms. The molecule has 29 heavy (non-hydrogen) atoms. The van der Waals surface area contributed by atoms with Gasteiger partial charge in [-0.25, -0.2) is 8.42 Å². The zero-order chi connectivity index (χ0) is 21.9. The molecule has 0 heterocycles. The molecule has 0 aliphatic heterocycles. The number of sulfone groups is 1. The van der Waals surface area contributed by atoms with Crippen LogP contribution in [0.4, 0.5) is 0 Å². The van der Waals surface area contributed by atoms with Gasteiger partial charge in [0.15, 0.2) is 9.84 Å². The monoisotopic (exact) mass is 430 g/mol. The minimum Gasteiger partial charge on any atom is -0.469 e. The standard InChI is InChI=1S/C20H30O8S/c1-16-5-7-17(8-6-16)29(23,24)15-20(2,13-27-11-9-18(21)25-3)14-28-12-10-19(22)26-4/h5-8H,9-15H2,1-4H3. The van der Waals surface area contributed by atoms with Crippen molar-refractivity contribution >= 4 is 21.8 Å². The number of carbonyl (C=O) groups excluding carboxylic acids is 2. The van der Waals surface area contributed by atoms with E-state index in [1.807, 2.05) is 6.92 Å². The van der Waals surface area contributed by atoms with Crippen LogP contribution in [0.15, 0.2) is 29.2 Å². The van der Waals surface area contributed by atoms with E-state index in [1.54, 1.807) is 31.2 Å². The van der Waals surface area contributed by atoms with Crippen LogP contribution >= 0.6 is 0 Å². The van der Waals surface area contributed by atoms with Gasteiger partial charge in [0.1, 0.15) is 0 Å². The predicted molar refractivity (Wildman–Crippen MR) is 106 cm³/mol. The first-order chi connectivity index (χ1) is 13.6. The molecule has 1 aromatic rings. The SMILES string of the molecule is COC(=O)CCOCC(C)(COCCC(=O)OC)CS(=O)(=O)c1ccc(C)cc1. The van der Waals surface area contributed by atoms with E-state index in [0.29, 0.717) is 0 Å². The molecule has 8 nitrogen and oxygen atoms in total. The van der Waals surface area contributed by atoms with Crippen molar-refractivity contribution in [3.8, 4) is 0 Å². The molecule has 0 aromatic heterocycles. The predicted octanol–water partition coefficient (Wildman–Crippen LogP) is 1.93. The fraction of sp³-hybridized carbons (Fsp3) is 0.600. The molecule has 1 rings (SSSR count). The first kappa shape index (κ1) is 25.1. The molecule has 0 saturated carbocycles. The highest BCUT2D eigenvalue weighted by Gasteiger charge is 2.33. The van der Waals surface area contributed by atoms with Gasteiger partial charge in [-0.15, -0.1) is 0 Å². The number of aryl methyl sites for hydroxylation is 1. The van der Waals surface area contributed by atoms with Crippen molar-refractivity contribution in [1.82, 2.24) is 0 Å². The van der Waals surface area contributed by atoms with E-state index in [2.05, 4.69) is 9.47 Å². The molecule has 164 valence electrons. The van der Waals surface area contributed by atoms with Crippen molar-refractivity contribution in [1.29, 1.82) is 0 Å². The molecule has 0 N–H and O–H groups in total. The van der Waals surface area contributed by atoms with Gasteiger partial charge in [0.2, 0.25) is 0 Å². The van der Waals surface area contributed by atoms with Crippen LogP contribution in [0.5, 0.6) is 0 Å². The number of benzene rings is 1. The number of methoxy groups -OCH3 is 2. The van der Waals surface area contributed by atoms with E-state index in [1.165, 1.54) is 14.2 Å². The molecular weight excluding hydrogens is 400 g/mol. The highest BCUT2D eigenvalue weighted by atomic mass is 32.2. The summed E-state index contributed by atoms with van der Waals surface area (Å²) in [4.78, 5) is 22.6. The number of rotatable bonds is 13. The van der Waals surface area contributed by atoms with E-state index >= 15 is 0 Å². The molecule has 0 fully saturated rings. The molecule has 1 aromatic carbocycles. The summed E-state index contributed by atoms with van der Waals surface area (Å²) in [7, 11) is -1.02. The summed E-state index contributed by atoms with van der Waals surface area (Å²) in [6, 6.07) is 6.62. The normalized spacial score (nSPS) is 11.9. The van der Waals surface area contributed by atoms with Gasteiger partial charge in [-0.1, -0.05) is 24.6 Å². The van der Waals surface area contributed by atoms with E-state index in [0.717, 1.165) is 5.56 Å². The number of hydrogen-bond donors (Lipinski definition) is 0. The van der Waals surface area contributed by atoms with Gasteiger partial charge in [0.05, 0.1) is 64.1 Å². The Morgan fingerprint density at radius 3 is 1.76 bits per heavy atom. The molecule has 0 amide bonds. The Bertz CT molecular complexity index is 731. The van der Waals surface area contributed by atoms with Gasteiger partial charge in [-0.2, -0.15) is 0 Å². The van der Waals surface area contributed by atoms with E-state index in [9.17, 15) is 18.0 Å². The van der Waals surface area contributed by atoms with Crippen molar-refractivity contribution < 1.29 is 37.0 Å². The van der Waals surface area contributed by atoms with Crippen LogP contribution in [-0.4, -0.2) is 66.8 Å². The zero-order valence-corrected chi connectivity index (χ0v) is 18.2. The number of esters is 2. The van der Waals surface area contributed by atoms with Gasteiger partial charge in [-0.05, 0) is 19.1 Å². The number of ether oxygens (including phenoxy) is 4. The van der Waals surface area contributed by atoms with Crippen molar-refractivity contribution in [3.63, 3.8) is 0 Å². The topological polar surface area (TPSA) is 105 Å². The van der Waals surface area contributed by atoms with E-state index < -0.39 is 27.2 Å². The lowest BCUT2D eigenvalue weighted by molar-refractivity contribution is -0.142. The Morgan fingerprint density at radius 2 is 1.34 bits per heavy atom. The summed E-state index contributed by atoms with van der Waals surface area (Å²) in [6.07, 6.45) is 0.140. The highest BCUT2D eigenvalue weighted by molar-refractivity contribution is 7.91. The summed E-state index contributed by atoms with van der Waals surface area (Å²) in [6.45, 7) is 3.95. The summed E-state index contributed by atoms with van der Waals surface area (Å²) in [5, 5.41) is 0. The molecule has 0 unspecified atom stereocenters. The fourth-order valence-electron chi connectivity index (χ4n) is 2.56. The Labute approximate surface area is 172 Å². The summed E-state index contributed by atoms with van der Waals surface area (Å²) in [5.41, 5.74) is 0.0830. The second-order valence-corrected chi connectivity index (χ2v) is 9.13. The largest absolute Gasteiger partial charge is 0.469 e. The van der Waals surface area contributed by atoms with Crippen LogP contribution in [0.25, 0.3) is 0 Å². The average Bonchev–Trinajstić information content (AvgIpc) is 2.68. The quantitative estimate of drug-likeness (QED) is 0.345. The zero-order valence-electron chi connectivity index (χ0n) is 17.4. The van der Waals surface area contributed by atoms with Crippen LogP contribution in [-0.2, 0) is 38.4 Å². The molecule has 0 bridgehead atoms. The molecule has 0 aliphatic rings. The first-order valence-electron chi connectivity index (χ1n) is 9.20. The molecule has 0 aliphatic carbocycles. The molecular formula is C20H30O8S. The Hall–Kier alpha value is -1.97. The van der Waals surface area contributed by atoms with Crippen LogP contribution in [0, 0.1) is 12.3 Å². The minimum absolute atomic E-state index is 0.0628. The van der Waals surface area contributed by atoms with Crippen LogP contribution in [0.3, 0.4) is 0 Å². The van der Waals surface area contributed by atoms with Crippen molar-refractivity contribution in [2.24, 2.45) is 5.41 Å². The fourth-order valence-corrected chi connectivity index (χ4v) is 4.37. The lowest BCUT2D eigenvalue weighted by atomic mass is 9.96. The average molecular weight is 431 g/mol. The third-order valence-corrected chi connectivity index (χ3v) is 6.24. The maximum atomic E-state index is 12.9. The molecule has 0 spiro atoms. The van der Waals surface area contributed by atoms with Crippen LogP contribution < -0.4 is 0 Å². The maximum absolute atomic E-state index is 12.9. The van der Waals surface area contributed by atoms with Gasteiger partial charge >= 0.3 is 11.9 Å². The van der Waals surface area contributed by atoms with E-state index in [-0.39, 0.29) is 49.9 Å². The van der Waals surface area contributed by atoms with Gasteiger partial charge in [0.25, 0.3) is 0 Å². The second kappa shape index (κ2) is 11.9. The molecule has 0 atom stereocenters. The van der Waals surface area contributed by atoms with Crippen molar-refractivity contribution in [3.05, 3.63) is 29.8 Å². The maximum Gasteiger partial charge on any atom is 0.307 e. The first-order valence-corrected chi connectivity index (χ1v) is 10.9. The number of hydrogen-bond acceptors (Lipinski definition) is 8. The summed E-state index contributed by atoms with van der Waals surface area (Å²) >= 11 is 0. The Kier molecular flexibility index (Phi) is 10.3. The lowest BCUT2D eigenvalue weighted by Gasteiger charge is -2.29. The van der Waals surface area contributed by atoms with Gasteiger partial charge in [0, 0.05) is 5.41 Å². The highest BCUT2D eigenvalue weighted by Crippen LogP contribution is 2.25. The smallest absolute Gasteiger partial charge is 0.307 e. The Morgan fingerprint density at radius 1 is 0.897 bits per heavy atom. The van der Waals surface area contributed by atoms with Crippen molar-refractivity contribution in [2.45, 2.75) is 31.6 Å². The lowest BCUT2D eigenvalue weighted by Crippen LogP contribution is -2.37. The molecule has 0 saturated heterocycles. The number of carbonyl (C=O) groups is 2. The molecule has 0 radical (unpaired) electrons. The van der Waals surface area contributed by atoms with Crippen LogP contribution in [0.1, 0.15) is 25.3 Å². The third kappa shape index (κ3) is 9.38. The minimum atomic E-state index is -3.59. The van der Waals surface area contributed by atoms with Crippen molar-refractivity contribution in [2.75, 3.05) is 46.4 Å². The summed E-state index contributed by atoms with van der Waals surface area (Å²) in [5.74, 6) is -1.03. The third-order valence-electron chi connectivity index (χ3n) is 4.18.